The fourth-order valence-corrected chi connectivity index (χ4v) is 4.61. The second-order valence-electron chi connectivity index (χ2n) is 4.02. The molecule has 1 aromatic rings. The topological polar surface area (TPSA) is 46.2 Å². The predicted octanol–water partition coefficient (Wildman–Crippen LogP) is 4.44. The molecule has 0 amide bonds. The second-order valence-corrected chi connectivity index (χ2v) is 8.20. The lowest BCUT2D eigenvalue weighted by Gasteiger charge is -2.11. The van der Waals surface area contributed by atoms with Crippen LogP contribution in [0.15, 0.2) is 21.5 Å². The number of rotatable bonds is 6. The van der Waals surface area contributed by atoms with Crippen molar-refractivity contribution >= 4 is 60.8 Å². The van der Waals surface area contributed by atoms with Gasteiger partial charge in [-0.2, -0.15) is 0 Å². The molecular formula is C11H13BrCl3NO2S. The van der Waals surface area contributed by atoms with Gasteiger partial charge >= 0.3 is 0 Å². The summed E-state index contributed by atoms with van der Waals surface area (Å²) in [5, 5.41) is 0.180. The van der Waals surface area contributed by atoms with Crippen LogP contribution in [0, 0.1) is 0 Å². The molecule has 0 aliphatic carbocycles. The van der Waals surface area contributed by atoms with Crippen molar-refractivity contribution in [2.75, 3.05) is 6.54 Å². The molecule has 0 fully saturated rings. The van der Waals surface area contributed by atoms with Crippen LogP contribution >= 0.6 is 50.7 Å². The van der Waals surface area contributed by atoms with Crippen molar-refractivity contribution in [2.24, 2.45) is 0 Å². The highest BCUT2D eigenvalue weighted by molar-refractivity contribution is 9.10. The summed E-state index contributed by atoms with van der Waals surface area (Å²) >= 11 is 20.8. The molecule has 0 aliphatic rings. The maximum Gasteiger partial charge on any atom is 0.243 e. The first-order valence-electron chi connectivity index (χ1n) is 5.52. The van der Waals surface area contributed by atoms with Crippen LogP contribution in [0.5, 0.6) is 0 Å². The number of sulfonamides is 1. The first-order chi connectivity index (χ1) is 8.74. The van der Waals surface area contributed by atoms with E-state index in [1.54, 1.807) is 0 Å². The summed E-state index contributed by atoms with van der Waals surface area (Å²) in [5.74, 6) is 0. The highest BCUT2D eigenvalue weighted by atomic mass is 79.9. The van der Waals surface area contributed by atoms with Crippen LogP contribution in [0.3, 0.4) is 0 Å². The highest BCUT2D eigenvalue weighted by Crippen LogP contribution is 2.32. The van der Waals surface area contributed by atoms with E-state index in [0.29, 0.717) is 17.4 Å². The minimum absolute atomic E-state index is 0.0179. The van der Waals surface area contributed by atoms with Crippen LogP contribution in [0.4, 0.5) is 0 Å². The van der Waals surface area contributed by atoms with Crippen molar-refractivity contribution < 1.29 is 8.42 Å². The van der Waals surface area contributed by atoms with Crippen LogP contribution in [0.1, 0.15) is 19.8 Å². The maximum absolute atomic E-state index is 12.1. The average molecular weight is 410 g/mol. The van der Waals surface area contributed by atoms with E-state index in [2.05, 4.69) is 20.7 Å². The summed E-state index contributed by atoms with van der Waals surface area (Å²) in [4.78, 5) is -0.0991. The molecule has 19 heavy (non-hydrogen) atoms. The molecule has 0 aliphatic heterocycles. The summed E-state index contributed by atoms with van der Waals surface area (Å²) in [7, 11) is -3.71. The van der Waals surface area contributed by atoms with Gasteiger partial charge in [-0.15, -0.1) is 11.6 Å². The molecule has 1 N–H and O–H groups in total. The van der Waals surface area contributed by atoms with E-state index in [9.17, 15) is 8.42 Å². The number of hydrogen-bond acceptors (Lipinski definition) is 2. The maximum atomic E-state index is 12.1. The van der Waals surface area contributed by atoms with Crippen molar-refractivity contribution in [3.63, 3.8) is 0 Å². The first kappa shape index (κ1) is 17.5. The van der Waals surface area contributed by atoms with Gasteiger partial charge < -0.3 is 0 Å². The van der Waals surface area contributed by atoms with E-state index in [1.807, 2.05) is 6.92 Å². The molecule has 0 radical (unpaired) electrons. The number of benzene rings is 1. The van der Waals surface area contributed by atoms with Gasteiger partial charge in [-0.25, -0.2) is 13.1 Å². The van der Waals surface area contributed by atoms with E-state index in [4.69, 9.17) is 34.8 Å². The molecule has 0 saturated carbocycles. The SMILES string of the molecule is CC(Cl)CCCNS(=O)(=O)c1c(Cl)cc(Br)cc1Cl. The molecule has 0 saturated heterocycles. The summed E-state index contributed by atoms with van der Waals surface area (Å²) in [6.07, 6.45) is 1.38. The molecule has 3 nitrogen and oxygen atoms in total. The zero-order chi connectivity index (χ0) is 14.6. The zero-order valence-electron chi connectivity index (χ0n) is 10.1. The Labute approximate surface area is 136 Å². The van der Waals surface area contributed by atoms with Crippen molar-refractivity contribution in [1.82, 2.24) is 4.72 Å². The number of alkyl halides is 1. The van der Waals surface area contributed by atoms with Gasteiger partial charge in [-0.1, -0.05) is 39.1 Å². The normalized spacial score (nSPS) is 13.5. The van der Waals surface area contributed by atoms with Gasteiger partial charge in [0.1, 0.15) is 4.90 Å². The highest BCUT2D eigenvalue weighted by Gasteiger charge is 2.21. The molecule has 1 atom stereocenters. The molecule has 0 aromatic heterocycles. The van der Waals surface area contributed by atoms with E-state index in [0.717, 1.165) is 6.42 Å². The van der Waals surface area contributed by atoms with Gasteiger partial charge in [0.05, 0.1) is 10.0 Å². The largest absolute Gasteiger partial charge is 0.243 e. The average Bonchev–Trinajstić information content (AvgIpc) is 2.22. The van der Waals surface area contributed by atoms with Crippen LogP contribution in [-0.4, -0.2) is 20.3 Å². The van der Waals surface area contributed by atoms with Crippen LogP contribution in [0.2, 0.25) is 10.0 Å². The Balaban J connectivity index is 2.84. The molecule has 108 valence electrons. The van der Waals surface area contributed by atoms with E-state index >= 15 is 0 Å². The Hall–Kier alpha value is 0.480. The van der Waals surface area contributed by atoms with E-state index in [1.165, 1.54) is 12.1 Å². The Morgan fingerprint density at radius 2 is 1.84 bits per heavy atom. The van der Waals surface area contributed by atoms with Crippen molar-refractivity contribution in [2.45, 2.75) is 30.0 Å². The molecule has 1 unspecified atom stereocenters. The van der Waals surface area contributed by atoms with Gasteiger partial charge in [0.25, 0.3) is 0 Å². The molecule has 0 heterocycles. The van der Waals surface area contributed by atoms with Crippen molar-refractivity contribution in [3.8, 4) is 0 Å². The minimum Gasteiger partial charge on any atom is -0.211 e. The lowest BCUT2D eigenvalue weighted by Crippen LogP contribution is -2.25. The van der Waals surface area contributed by atoms with Gasteiger partial charge in [-0.05, 0) is 31.9 Å². The molecule has 1 rings (SSSR count). The third-order valence-corrected chi connectivity index (χ3v) is 5.36. The molecule has 1 aromatic carbocycles. The Morgan fingerprint density at radius 1 is 1.32 bits per heavy atom. The van der Waals surface area contributed by atoms with E-state index in [-0.39, 0.29) is 20.3 Å². The summed E-state index contributed by atoms with van der Waals surface area (Å²) in [5.41, 5.74) is 0. The third kappa shape index (κ3) is 5.40. The van der Waals surface area contributed by atoms with Gasteiger partial charge in [-0.3, -0.25) is 0 Å². The Bertz CT molecular complexity index is 526. The smallest absolute Gasteiger partial charge is 0.211 e. The fraction of sp³-hybridized carbons (Fsp3) is 0.455. The predicted molar refractivity (Wildman–Crippen MR) is 83.9 cm³/mol. The third-order valence-electron chi connectivity index (χ3n) is 2.30. The zero-order valence-corrected chi connectivity index (χ0v) is 14.8. The quantitative estimate of drug-likeness (QED) is 0.558. The standard InChI is InChI=1S/C11H13BrCl3NO2S/c1-7(13)3-2-4-16-19(17,18)11-9(14)5-8(12)6-10(11)15/h5-7,16H,2-4H2,1H3. The van der Waals surface area contributed by atoms with Crippen molar-refractivity contribution in [1.29, 1.82) is 0 Å². The molecule has 8 heteroatoms. The number of nitrogens with one attached hydrogen (secondary N) is 1. The molecular weight excluding hydrogens is 396 g/mol. The Morgan fingerprint density at radius 3 is 2.32 bits per heavy atom. The number of hydrogen-bond donors (Lipinski definition) is 1. The first-order valence-corrected chi connectivity index (χ1v) is 8.99. The summed E-state index contributed by atoms with van der Waals surface area (Å²) in [6.45, 7) is 2.15. The minimum atomic E-state index is -3.71. The summed E-state index contributed by atoms with van der Waals surface area (Å²) < 4.78 is 27.3. The van der Waals surface area contributed by atoms with Gasteiger partial charge in [0, 0.05) is 16.4 Å². The molecule has 0 spiro atoms. The van der Waals surface area contributed by atoms with Crippen LogP contribution in [-0.2, 0) is 10.0 Å². The summed E-state index contributed by atoms with van der Waals surface area (Å²) in [6, 6.07) is 2.98. The second kappa shape index (κ2) is 7.48. The lowest BCUT2D eigenvalue weighted by molar-refractivity contribution is 0.576. The lowest BCUT2D eigenvalue weighted by atomic mass is 10.2. The van der Waals surface area contributed by atoms with Crippen LogP contribution < -0.4 is 4.72 Å². The van der Waals surface area contributed by atoms with Crippen molar-refractivity contribution in [3.05, 3.63) is 26.7 Å². The number of halogens is 4. The Kier molecular flexibility index (Phi) is 6.90. The van der Waals surface area contributed by atoms with Crippen LogP contribution in [0.25, 0.3) is 0 Å². The fourth-order valence-electron chi connectivity index (χ4n) is 1.45. The van der Waals surface area contributed by atoms with E-state index < -0.39 is 10.0 Å². The van der Waals surface area contributed by atoms with Gasteiger partial charge in [0.15, 0.2) is 0 Å². The monoisotopic (exact) mass is 407 g/mol. The molecule has 0 bridgehead atoms. The van der Waals surface area contributed by atoms with Gasteiger partial charge in [0.2, 0.25) is 10.0 Å².